The first kappa shape index (κ1) is 19.6. The normalized spacial score (nSPS) is 18.8. The van der Waals surface area contributed by atoms with Gasteiger partial charge in [0.2, 0.25) is 0 Å². The predicted octanol–water partition coefficient (Wildman–Crippen LogP) is 3.15. The number of amides is 2. The molecule has 0 spiro atoms. The van der Waals surface area contributed by atoms with Crippen LogP contribution in [0.1, 0.15) is 42.9 Å². The molecule has 2 amide bonds. The average molecular weight is 370 g/mol. The average Bonchev–Trinajstić information content (AvgIpc) is 2.87. The molecule has 146 valence electrons. The predicted molar refractivity (Wildman–Crippen MR) is 106 cm³/mol. The quantitative estimate of drug-likeness (QED) is 0.570. The minimum absolute atomic E-state index is 0.152. The summed E-state index contributed by atoms with van der Waals surface area (Å²) < 4.78 is 5.10. The number of benzene rings is 1. The van der Waals surface area contributed by atoms with Crippen molar-refractivity contribution in [1.82, 2.24) is 9.80 Å². The molecule has 1 fully saturated rings. The molecule has 27 heavy (non-hydrogen) atoms. The van der Waals surface area contributed by atoms with Crippen LogP contribution in [0, 0.1) is 19.8 Å². The van der Waals surface area contributed by atoms with Crippen LogP contribution in [0.2, 0.25) is 0 Å². The van der Waals surface area contributed by atoms with E-state index in [2.05, 4.69) is 17.9 Å². The zero-order valence-electron chi connectivity index (χ0n) is 16.9. The van der Waals surface area contributed by atoms with Crippen LogP contribution in [0.25, 0.3) is 5.57 Å². The van der Waals surface area contributed by atoms with E-state index in [4.69, 9.17) is 4.74 Å². The van der Waals surface area contributed by atoms with E-state index in [1.54, 1.807) is 7.11 Å². The lowest BCUT2D eigenvalue weighted by molar-refractivity contribution is -0.137. The molecule has 5 nitrogen and oxygen atoms in total. The van der Waals surface area contributed by atoms with Gasteiger partial charge in [0, 0.05) is 33.4 Å². The Bertz CT molecular complexity index is 761. The van der Waals surface area contributed by atoms with Crippen molar-refractivity contribution in [2.75, 3.05) is 33.4 Å². The number of methoxy groups -OCH3 is 1. The number of piperidine rings is 1. The van der Waals surface area contributed by atoms with Gasteiger partial charge in [0.25, 0.3) is 11.8 Å². The highest BCUT2D eigenvalue weighted by molar-refractivity contribution is 6.35. The van der Waals surface area contributed by atoms with Crippen molar-refractivity contribution in [1.29, 1.82) is 0 Å². The van der Waals surface area contributed by atoms with Crippen molar-refractivity contribution >= 4 is 17.4 Å². The third-order valence-electron chi connectivity index (χ3n) is 5.62. The maximum atomic E-state index is 13.2. The topological polar surface area (TPSA) is 49.9 Å². The highest BCUT2D eigenvalue weighted by Crippen LogP contribution is 2.35. The lowest BCUT2D eigenvalue weighted by atomic mass is 9.95. The van der Waals surface area contributed by atoms with E-state index in [1.165, 1.54) is 4.90 Å². The van der Waals surface area contributed by atoms with Crippen LogP contribution < -0.4 is 0 Å². The number of hydrogen-bond donors (Lipinski definition) is 0. The third kappa shape index (κ3) is 3.93. The van der Waals surface area contributed by atoms with E-state index in [9.17, 15) is 9.59 Å². The summed E-state index contributed by atoms with van der Waals surface area (Å²) in [6.45, 7) is 8.88. The van der Waals surface area contributed by atoms with Gasteiger partial charge in [-0.05, 0) is 50.2 Å². The van der Waals surface area contributed by atoms with Crippen LogP contribution in [-0.4, -0.2) is 55.0 Å². The first-order chi connectivity index (χ1) is 12.9. The largest absolute Gasteiger partial charge is 0.385 e. The summed E-state index contributed by atoms with van der Waals surface area (Å²) in [7, 11) is 1.63. The standard InChI is InChI=1S/C22H30N2O3/c1-15-8-11-23(12-9-15)20-19(18-7-6-16(2)14-17(18)3)21(25)24(22(20)26)10-5-13-27-4/h6-7,14-15H,5,8-13H2,1-4H3. The summed E-state index contributed by atoms with van der Waals surface area (Å²) in [4.78, 5) is 30.0. The second-order valence-electron chi connectivity index (χ2n) is 7.82. The fourth-order valence-electron chi connectivity index (χ4n) is 4.00. The summed E-state index contributed by atoms with van der Waals surface area (Å²) in [5.74, 6) is 0.341. The Morgan fingerprint density at radius 3 is 2.44 bits per heavy atom. The van der Waals surface area contributed by atoms with Crippen LogP contribution in [0.4, 0.5) is 0 Å². The molecule has 0 saturated carbocycles. The van der Waals surface area contributed by atoms with Gasteiger partial charge in [-0.2, -0.15) is 0 Å². The first-order valence-corrected chi connectivity index (χ1v) is 9.86. The molecule has 0 aliphatic carbocycles. The number of carbonyl (C=O) groups is 2. The Kier molecular flexibility index (Phi) is 6.00. The highest BCUT2D eigenvalue weighted by Gasteiger charge is 2.42. The molecule has 2 aliphatic heterocycles. The number of imide groups is 1. The maximum Gasteiger partial charge on any atom is 0.277 e. The number of hydrogen-bond acceptors (Lipinski definition) is 4. The molecule has 0 aromatic heterocycles. The number of likely N-dealkylation sites (tertiary alicyclic amines) is 1. The molecule has 0 N–H and O–H groups in total. The van der Waals surface area contributed by atoms with Crippen LogP contribution in [-0.2, 0) is 14.3 Å². The lowest BCUT2D eigenvalue weighted by Gasteiger charge is -2.32. The van der Waals surface area contributed by atoms with Crippen LogP contribution in [0.3, 0.4) is 0 Å². The zero-order valence-corrected chi connectivity index (χ0v) is 16.9. The smallest absolute Gasteiger partial charge is 0.277 e. The molecule has 1 aromatic carbocycles. The third-order valence-corrected chi connectivity index (χ3v) is 5.62. The first-order valence-electron chi connectivity index (χ1n) is 9.86. The maximum absolute atomic E-state index is 13.2. The Labute approximate surface area is 162 Å². The van der Waals surface area contributed by atoms with Crippen molar-refractivity contribution in [3.05, 3.63) is 40.6 Å². The highest BCUT2D eigenvalue weighted by atomic mass is 16.5. The van der Waals surface area contributed by atoms with Crippen LogP contribution in [0.15, 0.2) is 23.9 Å². The number of nitrogens with zero attached hydrogens (tertiary/aromatic N) is 2. The Morgan fingerprint density at radius 1 is 1.11 bits per heavy atom. The summed E-state index contributed by atoms with van der Waals surface area (Å²) in [6, 6.07) is 6.07. The SMILES string of the molecule is COCCCN1C(=O)C(c2ccc(C)cc2C)=C(N2CCC(C)CC2)C1=O. The Balaban J connectivity index is 2.00. The van der Waals surface area contributed by atoms with Gasteiger partial charge in [0.1, 0.15) is 5.70 Å². The number of carbonyl (C=O) groups excluding carboxylic acids is 2. The molecule has 0 atom stereocenters. The summed E-state index contributed by atoms with van der Waals surface area (Å²) in [6.07, 6.45) is 2.75. The molecule has 0 radical (unpaired) electrons. The molecule has 2 heterocycles. The Hall–Kier alpha value is -2.14. The van der Waals surface area contributed by atoms with E-state index < -0.39 is 0 Å². The van der Waals surface area contributed by atoms with Gasteiger partial charge in [-0.3, -0.25) is 14.5 Å². The van der Waals surface area contributed by atoms with Crippen molar-refractivity contribution in [2.45, 2.75) is 40.0 Å². The van der Waals surface area contributed by atoms with E-state index >= 15 is 0 Å². The second-order valence-corrected chi connectivity index (χ2v) is 7.82. The molecular weight excluding hydrogens is 340 g/mol. The molecule has 0 bridgehead atoms. The fourth-order valence-corrected chi connectivity index (χ4v) is 4.00. The summed E-state index contributed by atoms with van der Waals surface area (Å²) in [5.41, 5.74) is 4.23. The minimum atomic E-state index is -0.170. The van der Waals surface area contributed by atoms with Crippen molar-refractivity contribution < 1.29 is 14.3 Å². The van der Waals surface area contributed by atoms with Gasteiger partial charge in [0.05, 0.1) is 5.57 Å². The number of ether oxygens (including phenoxy) is 1. The summed E-state index contributed by atoms with van der Waals surface area (Å²) >= 11 is 0. The molecular formula is C22H30N2O3. The van der Waals surface area contributed by atoms with Gasteiger partial charge in [0.15, 0.2) is 0 Å². The van der Waals surface area contributed by atoms with Crippen molar-refractivity contribution in [2.24, 2.45) is 5.92 Å². The van der Waals surface area contributed by atoms with Crippen molar-refractivity contribution in [3.63, 3.8) is 0 Å². The molecule has 1 saturated heterocycles. The zero-order chi connectivity index (χ0) is 19.6. The van der Waals surface area contributed by atoms with Gasteiger partial charge in [-0.15, -0.1) is 0 Å². The van der Waals surface area contributed by atoms with Crippen LogP contribution >= 0.6 is 0 Å². The van der Waals surface area contributed by atoms with E-state index in [0.717, 1.165) is 42.6 Å². The van der Waals surface area contributed by atoms with E-state index in [0.29, 0.717) is 36.8 Å². The molecule has 0 unspecified atom stereocenters. The summed E-state index contributed by atoms with van der Waals surface area (Å²) in [5, 5.41) is 0. The van der Waals surface area contributed by atoms with E-state index in [-0.39, 0.29) is 11.8 Å². The molecule has 3 rings (SSSR count). The number of aryl methyl sites for hydroxylation is 2. The molecule has 2 aliphatic rings. The second kappa shape index (κ2) is 8.26. The Morgan fingerprint density at radius 2 is 1.81 bits per heavy atom. The monoisotopic (exact) mass is 370 g/mol. The molecule has 1 aromatic rings. The lowest BCUT2D eigenvalue weighted by Crippen LogP contribution is -2.39. The fraction of sp³-hybridized carbons (Fsp3) is 0.545. The number of rotatable bonds is 6. The van der Waals surface area contributed by atoms with Crippen molar-refractivity contribution in [3.8, 4) is 0 Å². The van der Waals surface area contributed by atoms with Gasteiger partial charge < -0.3 is 9.64 Å². The van der Waals surface area contributed by atoms with Gasteiger partial charge in [-0.1, -0.05) is 30.7 Å². The van der Waals surface area contributed by atoms with E-state index in [1.807, 2.05) is 26.0 Å². The molecule has 5 heteroatoms. The minimum Gasteiger partial charge on any atom is -0.385 e. The van der Waals surface area contributed by atoms with Crippen LogP contribution in [0.5, 0.6) is 0 Å². The van der Waals surface area contributed by atoms with Gasteiger partial charge >= 0.3 is 0 Å². The van der Waals surface area contributed by atoms with Gasteiger partial charge in [-0.25, -0.2) is 0 Å².